The van der Waals surface area contributed by atoms with E-state index in [1.165, 1.54) is 0 Å². The molecule has 78 valence electrons. The highest BCUT2D eigenvalue weighted by molar-refractivity contribution is 5.89. The standard InChI is InChI=1S/C12H13NO2/c1-15-10-3-2-9(12(14)5-6-12)8-4-7-13-11(8)10/h2-4,7,13-14H,5-6H2,1H3. The molecule has 1 saturated carbocycles. The minimum atomic E-state index is -0.591. The number of aromatic nitrogens is 1. The summed E-state index contributed by atoms with van der Waals surface area (Å²) >= 11 is 0. The van der Waals surface area contributed by atoms with Crippen molar-refractivity contribution < 1.29 is 9.84 Å². The fourth-order valence-electron chi connectivity index (χ4n) is 2.09. The normalized spacial score (nSPS) is 18.0. The Morgan fingerprint density at radius 1 is 1.33 bits per heavy atom. The van der Waals surface area contributed by atoms with Crippen molar-refractivity contribution in [3.8, 4) is 5.75 Å². The molecule has 0 atom stereocenters. The first-order chi connectivity index (χ1) is 7.24. The van der Waals surface area contributed by atoms with E-state index in [-0.39, 0.29) is 0 Å². The molecule has 2 aromatic rings. The molecule has 0 spiro atoms. The Morgan fingerprint density at radius 3 is 2.80 bits per heavy atom. The predicted molar refractivity (Wildman–Crippen MR) is 58.0 cm³/mol. The summed E-state index contributed by atoms with van der Waals surface area (Å²) in [6.07, 6.45) is 3.60. The number of hydrogen-bond acceptors (Lipinski definition) is 2. The van der Waals surface area contributed by atoms with Gasteiger partial charge in [-0.15, -0.1) is 0 Å². The van der Waals surface area contributed by atoms with Crippen molar-refractivity contribution >= 4 is 10.9 Å². The lowest BCUT2D eigenvalue weighted by molar-refractivity contribution is 0.153. The number of hydrogen-bond donors (Lipinski definition) is 2. The van der Waals surface area contributed by atoms with E-state index in [9.17, 15) is 5.11 Å². The van der Waals surface area contributed by atoms with Gasteiger partial charge in [0.2, 0.25) is 0 Å². The van der Waals surface area contributed by atoms with Gasteiger partial charge >= 0.3 is 0 Å². The Hall–Kier alpha value is -1.48. The summed E-state index contributed by atoms with van der Waals surface area (Å²) < 4.78 is 5.26. The quantitative estimate of drug-likeness (QED) is 0.785. The van der Waals surface area contributed by atoms with Gasteiger partial charge in [-0.25, -0.2) is 0 Å². The van der Waals surface area contributed by atoms with E-state index < -0.39 is 5.60 Å². The van der Waals surface area contributed by atoms with Gasteiger partial charge in [-0.3, -0.25) is 0 Å². The van der Waals surface area contributed by atoms with Crippen molar-refractivity contribution in [2.24, 2.45) is 0 Å². The van der Waals surface area contributed by atoms with Gasteiger partial charge in [-0.05, 0) is 30.5 Å². The van der Waals surface area contributed by atoms with Gasteiger partial charge in [0, 0.05) is 11.6 Å². The van der Waals surface area contributed by atoms with Gasteiger partial charge < -0.3 is 14.8 Å². The zero-order chi connectivity index (χ0) is 10.5. The molecule has 0 aliphatic heterocycles. The smallest absolute Gasteiger partial charge is 0.142 e. The minimum Gasteiger partial charge on any atom is -0.495 e. The van der Waals surface area contributed by atoms with E-state index in [0.29, 0.717) is 0 Å². The highest BCUT2D eigenvalue weighted by atomic mass is 16.5. The van der Waals surface area contributed by atoms with Gasteiger partial charge in [0.25, 0.3) is 0 Å². The molecule has 1 aliphatic rings. The van der Waals surface area contributed by atoms with Crippen LogP contribution in [-0.2, 0) is 5.60 Å². The lowest BCUT2D eigenvalue weighted by Gasteiger charge is -2.11. The van der Waals surface area contributed by atoms with Crippen LogP contribution in [0.15, 0.2) is 24.4 Å². The van der Waals surface area contributed by atoms with Crippen LogP contribution < -0.4 is 4.74 Å². The molecule has 0 radical (unpaired) electrons. The number of fused-ring (bicyclic) bond motifs is 1. The summed E-state index contributed by atoms with van der Waals surface area (Å²) in [6.45, 7) is 0. The lowest BCUT2D eigenvalue weighted by atomic mass is 10.0. The molecule has 2 N–H and O–H groups in total. The van der Waals surface area contributed by atoms with E-state index in [4.69, 9.17) is 4.74 Å². The number of rotatable bonds is 2. The van der Waals surface area contributed by atoms with Crippen molar-refractivity contribution in [1.82, 2.24) is 4.98 Å². The predicted octanol–water partition coefficient (Wildman–Crippen LogP) is 2.16. The Bertz CT molecular complexity index is 511. The van der Waals surface area contributed by atoms with E-state index in [1.54, 1.807) is 7.11 Å². The highest BCUT2D eigenvalue weighted by Crippen LogP contribution is 2.48. The fourth-order valence-corrected chi connectivity index (χ4v) is 2.09. The SMILES string of the molecule is COc1ccc(C2(O)CC2)c2cc[nH]c12. The van der Waals surface area contributed by atoms with E-state index in [0.717, 1.165) is 35.1 Å². The van der Waals surface area contributed by atoms with Crippen molar-refractivity contribution in [2.75, 3.05) is 7.11 Å². The molecule has 1 aromatic heterocycles. The van der Waals surface area contributed by atoms with Crippen LogP contribution in [0.25, 0.3) is 10.9 Å². The topological polar surface area (TPSA) is 45.2 Å². The minimum absolute atomic E-state index is 0.591. The molecular formula is C12H13NO2. The molecule has 0 unspecified atom stereocenters. The highest BCUT2D eigenvalue weighted by Gasteiger charge is 2.43. The average molecular weight is 203 g/mol. The molecule has 0 bridgehead atoms. The first-order valence-electron chi connectivity index (χ1n) is 5.11. The Kier molecular flexibility index (Phi) is 1.62. The summed E-state index contributed by atoms with van der Waals surface area (Å²) in [5.41, 5.74) is 1.39. The van der Waals surface area contributed by atoms with Crippen LogP contribution in [0.4, 0.5) is 0 Å². The summed E-state index contributed by atoms with van der Waals surface area (Å²) in [6, 6.07) is 5.86. The Labute approximate surface area is 87.7 Å². The summed E-state index contributed by atoms with van der Waals surface area (Å²) in [5, 5.41) is 11.2. The number of nitrogens with one attached hydrogen (secondary N) is 1. The first kappa shape index (κ1) is 8.80. The van der Waals surface area contributed by atoms with Crippen LogP contribution in [0.5, 0.6) is 5.75 Å². The molecule has 1 aromatic carbocycles. The molecule has 15 heavy (non-hydrogen) atoms. The van der Waals surface area contributed by atoms with Gasteiger partial charge in [-0.1, -0.05) is 6.07 Å². The Morgan fingerprint density at radius 2 is 2.13 bits per heavy atom. The largest absolute Gasteiger partial charge is 0.495 e. The number of benzene rings is 1. The van der Waals surface area contributed by atoms with Gasteiger partial charge in [-0.2, -0.15) is 0 Å². The van der Waals surface area contributed by atoms with E-state index >= 15 is 0 Å². The summed E-state index contributed by atoms with van der Waals surface area (Å²) in [4.78, 5) is 3.14. The van der Waals surface area contributed by atoms with Crippen LogP contribution >= 0.6 is 0 Å². The maximum atomic E-state index is 10.1. The monoisotopic (exact) mass is 203 g/mol. The van der Waals surface area contributed by atoms with Gasteiger partial charge in [0.1, 0.15) is 5.75 Å². The molecule has 1 heterocycles. The number of H-pyrrole nitrogens is 1. The number of aliphatic hydroxyl groups is 1. The second kappa shape index (κ2) is 2.76. The molecular weight excluding hydrogens is 190 g/mol. The molecule has 1 fully saturated rings. The van der Waals surface area contributed by atoms with Crippen molar-refractivity contribution in [1.29, 1.82) is 0 Å². The molecule has 3 heteroatoms. The van der Waals surface area contributed by atoms with Crippen LogP contribution in [0, 0.1) is 0 Å². The molecule has 3 rings (SSSR count). The third-order valence-electron chi connectivity index (χ3n) is 3.13. The van der Waals surface area contributed by atoms with E-state index in [2.05, 4.69) is 4.98 Å². The zero-order valence-corrected chi connectivity index (χ0v) is 8.58. The van der Waals surface area contributed by atoms with E-state index in [1.807, 2.05) is 24.4 Å². The average Bonchev–Trinajstić information content (AvgIpc) is 2.82. The van der Waals surface area contributed by atoms with Crippen molar-refractivity contribution in [2.45, 2.75) is 18.4 Å². The number of aromatic amines is 1. The van der Waals surface area contributed by atoms with Crippen molar-refractivity contribution in [3.63, 3.8) is 0 Å². The van der Waals surface area contributed by atoms with Crippen LogP contribution in [-0.4, -0.2) is 17.2 Å². The van der Waals surface area contributed by atoms with Crippen LogP contribution in [0.1, 0.15) is 18.4 Å². The maximum Gasteiger partial charge on any atom is 0.142 e. The zero-order valence-electron chi connectivity index (χ0n) is 8.58. The maximum absolute atomic E-state index is 10.1. The molecule has 0 amide bonds. The third-order valence-corrected chi connectivity index (χ3v) is 3.13. The summed E-state index contributed by atoms with van der Waals surface area (Å²) in [7, 11) is 1.65. The van der Waals surface area contributed by atoms with Crippen LogP contribution in [0.2, 0.25) is 0 Å². The first-order valence-corrected chi connectivity index (χ1v) is 5.11. The Balaban J connectivity index is 2.28. The second-order valence-corrected chi connectivity index (χ2v) is 4.11. The molecule has 3 nitrogen and oxygen atoms in total. The molecule has 0 saturated heterocycles. The third kappa shape index (κ3) is 1.16. The van der Waals surface area contributed by atoms with Crippen molar-refractivity contribution in [3.05, 3.63) is 30.0 Å². The number of methoxy groups -OCH3 is 1. The van der Waals surface area contributed by atoms with Gasteiger partial charge in [0.05, 0.1) is 18.2 Å². The second-order valence-electron chi connectivity index (χ2n) is 4.11. The van der Waals surface area contributed by atoms with Gasteiger partial charge in [0.15, 0.2) is 0 Å². The van der Waals surface area contributed by atoms with Crippen LogP contribution in [0.3, 0.4) is 0 Å². The number of ether oxygens (including phenoxy) is 1. The lowest BCUT2D eigenvalue weighted by Crippen LogP contribution is -2.04. The fraction of sp³-hybridized carbons (Fsp3) is 0.333. The summed E-state index contributed by atoms with van der Waals surface area (Å²) in [5.74, 6) is 0.822. The molecule has 1 aliphatic carbocycles.